The van der Waals surface area contributed by atoms with Crippen LogP contribution in [0.2, 0.25) is 0 Å². The smallest absolute Gasteiger partial charge is 0.233 e. The van der Waals surface area contributed by atoms with Gasteiger partial charge in [0.1, 0.15) is 0 Å². The Morgan fingerprint density at radius 2 is 2.05 bits per heavy atom. The number of thiazole rings is 1. The average molecular weight is 321 g/mol. The van der Waals surface area contributed by atoms with Crippen LogP contribution in [-0.4, -0.2) is 30.5 Å². The SMILES string of the molecule is O=C(CNCC1CC1)NCCc1nc(C2CCCCC2)cs1. The number of nitrogens with one attached hydrogen (secondary N) is 2. The first kappa shape index (κ1) is 15.9. The topological polar surface area (TPSA) is 54.0 Å². The second-order valence-electron chi connectivity index (χ2n) is 6.68. The van der Waals surface area contributed by atoms with E-state index in [1.165, 1.54) is 50.6 Å². The van der Waals surface area contributed by atoms with Crippen LogP contribution >= 0.6 is 11.3 Å². The van der Waals surface area contributed by atoms with Crippen LogP contribution in [0.15, 0.2) is 5.38 Å². The molecule has 0 unspecified atom stereocenters. The van der Waals surface area contributed by atoms with E-state index >= 15 is 0 Å². The Hall–Kier alpha value is -0.940. The Morgan fingerprint density at radius 3 is 2.82 bits per heavy atom. The second-order valence-corrected chi connectivity index (χ2v) is 7.62. The van der Waals surface area contributed by atoms with Gasteiger partial charge >= 0.3 is 0 Å². The van der Waals surface area contributed by atoms with Gasteiger partial charge in [-0.05, 0) is 38.1 Å². The summed E-state index contributed by atoms with van der Waals surface area (Å²) < 4.78 is 0. The van der Waals surface area contributed by atoms with Crippen molar-refractivity contribution in [1.29, 1.82) is 0 Å². The minimum atomic E-state index is 0.102. The molecule has 0 aromatic carbocycles. The van der Waals surface area contributed by atoms with Gasteiger partial charge in [0.05, 0.1) is 17.2 Å². The molecule has 2 N–H and O–H groups in total. The molecule has 122 valence electrons. The third-order valence-corrected chi connectivity index (χ3v) is 5.60. The molecule has 5 heteroatoms. The lowest BCUT2D eigenvalue weighted by Gasteiger charge is -2.19. The molecule has 0 spiro atoms. The summed E-state index contributed by atoms with van der Waals surface area (Å²) in [6.07, 6.45) is 10.2. The van der Waals surface area contributed by atoms with E-state index in [1.807, 2.05) is 0 Å². The quantitative estimate of drug-likeness (QED) is 0.774. The number of carbonyl (C=O) groups excluding carboxylic acids is 1. The fourth-order valence-corrected chi connectivity index (χ4v) is 3.99. The lowest BCUT2D eigenvalue weighted by molar-refractivity contribution is -0.120. The van der Waals surface area contributed by atoms with Crippen molar-refractivity contribution in [2.24, 2.45) is 5.92 Å². The van der Waals surface area contributed by atoms with Crippen molar-refractivity contribution in [2.45, 2.75) is 57.3 Å². The van der Waals surface area contributed by atoms with Crippen LogP contribution in [0.5, 0.6) is 0 Å². The van der Waals surface area contributed by atoms with Gasteiger partial charge in [-0.1, -0.05) is 19.3 Å². The molecule has 0 saturated heterocycles. The second kappa shape index (κ2) is 8.06. The van der Waals surface area contributed by atoms with Crippen LogP contribution in [0.4, 0.5) is 0 Å². The lowest BCUT2D eigenvalue weighted by atomic mass is 9.87. The Balaban J connectivity index is 1.32. The van der Waals surface area contributed by atoms with Crippen LogP contribution in [0.3, 0.4) is 0 Å². The highest BCUT2D eigenvalue weighted by atomic mass is 32.1. The summed E-state index contributed by atoms with van der Waals surface area (Å²) in [5.41, 5.74) is 1.29. The van der Waals surface area contributed by atoms with Gasteiger partial charge in [0.25, 0.3) is 0 Å². The molecule has 2 saturated carbocycles. The number of hydrogen-bond donors (Lipinski definition) is 2. The maximum Gasteiger partial charge on any atom is 0.233 e. The minimum absolute atomic E-state index is 0.102. The summed E-state index contributed by atoms with van der Waals surface area (Å²) in [5, 5.41) is 9.58. The van der Waals surface area contributed by atoms with Crippen molar-refractivity contribution >= 4 is 17.2 Å². The number of rotatable bonds is 8. The standard InChI is InChI=1S/C17H27N3OS/c21-16(11-18-10-13-6-7-13)19-9-8-17-20-15(12-22-17)14-4-2-1-3-5-14/h12-14,18H,1-11H2,(H,19,21). The predicted molar refractivity (Wildman–Crippen MR) is 90.2 cm³/mol. The van der Waals surface area contributed by atoms with E-state index in [9.17, 15) is 4.79 Å². The van der Waals surface area contributed by atoms with Crippen molar-refractivity contribution in [3.63, 3.8) is 0 Å². The average Bonchev–Trinajstić information content (AvgIpc) is 3.24. The molecule has 0 atom stereocenters. The van der Waals surface area contributed by atoms with Crippen molar-refractivity contribution in [3.05, 3.63) is 16.1 Å². The molecule has 4 nitrogen and oxygen atoms in total. The van der Waals surface area contributed by atoms with E-state index in [4.69, 9.17) is 4.98 Å². The predicted octanol–water partition coefficient (Wildman–Crippen LogP) is 2.85. The van der Waals surface area contributed by atoms with E-state index in [0.29, 0.717) is 19.0 Å². The maximum atomic E-state index is 11.7. The first-order chi connectivity index (χ1) is 10.8. The summed E-state index contributed by atoms with van der Waals surface area (Å²) in [4.78, 5) is 16.5. The molecule has 0 aliphatic heterocycles. The fourth-order valence-electron chi connectivity index (χ4n) is 3.11. The molecule has 2 fully saturated rings. The van der Waals surface area contributed by atoms with Gasteiger partial charge in [-0.2, -0.15) is 0 Å². The summed E-state index contributed by atoms with van der Waals surface area (Å²) in [5.74, 6) is 1.60. The van der Waals surface area contributed by atoms with Crippen LogP contribution in [-0.2, 0) is 11.2 Å². The molecular formula is C17H27N3OS. The van der Waals surface area contributed by atoms with E-state index in [1.54, 1.807) is 11.3 Å². The monoisotopic (exact) mass is 321 g/mol. The number of hydrogen-bond acceptors (Lipinski definition) is 4. The summed E-state index contributed by atoms with van der Waals surface area (Å²) in [7, 11) is 0. The van der Waals surface area contributed by atoms with Crippen molar-refractivity contribution in [3.8, 4) is 0 Å². The normalized spacial score (nSPS) is 19.3. The van der Waals surface area contributed by atoms with Gasteiger partial charge < -0.3 is 10.6 Å². The highest BCUT2D eigenvalue weighted by Gasteiger charge is 2.20. The molecule has 1 aromatic rings. The van der Waals surface area contributed by atoms with E-state index in [2.05, 4.69) is 16.0 Å². The van der Waals surface area contributed by atoms with Crippen LogP contribution < -0.4 is 10.6 Å². The van der Waals surface area contributed by atoms with Gasteiger partial charge in [-0.15, -0.1) is 11.3 Å². The molecule has 2 aliphatic carbocycles. The first-order valence-corrected chi connectivity index (χ1v) is 9.61. The first-order valence-electron chi connectivity index (χ1n) is 8.73. The van der Waals surface area contributed by atoms with E-state index in [0.717, 1.165) is 23.9 Å². The largest absolute Gasteiger partial charge is 0.355 e. The van der Waals surface area contributed by atoms with Gasteiger partial charge in [0, 0.05) is 24.3 Å². The third kappa shape index (κ3) is 5.06. The number of aromatic nitrogens is 1. The summed E-state index contributed by atoms with van der Waals surface area (Å²) in [6.45, 7) is 2.13. The number of amides is 1. The number of nitrogens with zero attached hydrogens (tertiary/aromatic N) is 1. The van der Waals surface area contributed by atoms with Crippen LogP contribution in [0, 0.1) is 5.92 Å². The summed E-state index contributed by atoms with van der Waals surface area (Å²) >= 11 is 1.75. The Kier molecular flexibility index (Phi) is 5.84. The van der Waals surface area contributed by atoms with Gasteiger partial charge in [0.2, 0.25) is 5.91 Å². The van der Waals surface area contributed by atoms with Crippen molar-refractivity contribution in [2.75, 3.05) is 19.6 Å². The molecular weight excluding hydrogens is 294 g/mol. The molecule has 2 aliphatic rings. The molecule has 0 radical (unpaired) electrons. The molecule has 0 bridgehead atoms. The zero-order valence-corrected chi connectivity index (χ0v) is 14.1. The van der Waals surface area contributed by atoms with Crippen LogP contribution in [0.25, 0.3) is 0 Å². The third-order valence-electron chi connectivity index (χ3n) is 4.67. The van der Waals surface area contributed by atoms with Crippen molar-refractivity contribution in [1.82, 2.24) is 15.6 Å². The fraction of sp³-hybridized carbons (Fsp3) is 0.765. The highest BCUT2D eigenvalue weighted by Crippen LogP contribution is 2.33. The number of carbonyl (C=O) groups is 1. The molecule has 1 amide bonds. The zero-order valence-electron chi connectivity index (χ0n) is 13.3. The Morgan fingerprint density at radius 1 is 1.23 bits per heavy atom. The van der Waals surface area contributed by atoms with E-state index < -0.39 is 0 Å². The minimum Gasteiger partial charge on any atom is -0.355 e. The van der Waals surface area contributed by atoms with Gasteiger partial charge in [-0.25, -0.2) is 4.98 Å². The lowest BCUT2D eigenvalue weighted by Crippen LogP contribution is -2.35. The molecule has 3 rings (SSSR count). The Bertz CT molecular complexity index is 478. The molecule has 1 aromatic heterocycles. The maximum absolute atomic E-state index is 11.7. The highest BCUT2D eigenvalue weighted by molar-refractivity contribution is 7.09. The van der Waals surface area contributed by atoms with Gasteiger partial charge in [0.15, 0.2) is 0 Å². The summed E-state index contributed by atoms with van der Waals surface area (Å²) in [6, 6.07) is 0. The molecule has 1 heterocycles. The van der Waals surface area contributed by atoms with Gasteiger partial charge in [-0.3, -0.25) is 4.79 Å². The zero-order chi connectivity index (χ0) is 15.2. The van der Waals surface area contributed by atoms with E-state index in [-0.39, 0.29) is 5.91 Å². The van der Waals surface area contributed by atoms with Crippen molar-refractivity contribution < 1.29 is 4.79 Å². The van der Waals surface area contributed by atoms with Crippen LogP contribution in [0.1, 0.15) is 61.6 Å². The molecule has 22 heavy (non-hydrogen) atoms. The Labute approximate surface area is 137 Å².